The van der Waals surface area contributed by atoms with E-state index < -0.39 is 0 Å². The van der Waals surface area contributed by atoms with Crippen LogP contribution in [0.3, 0.4) is 0 Å². The molecule has 0 radical (unpaired) electrons. The smallest absolute Gasteiger partial charge is 0.0425 e. The standard InChI is InChI=1S/C8H16N2/c1-4-7-8(5-2,6-3)10-9/h1,10H,5-7,9H2,2-3H3. The summed E-state index contributed by atoms with van der Waals surface area (Å²) >= 11 is 0. The number of hydrazine groups is 1. The molecule has 0 amide bonds. The van der Waals surface area contributed by atoms with Gasteiger partial charge in [-0.1, -0.05) is 13.8 Å². The Morgan fingerprint density at radius 1 is 1.50 bits per heavy atom. The van der Waals surface area contributed by atoms with Gasteiger partial charge in [0, 0.05) is 12.0 Å². The molecule has 3 N–H and O–H groups in total. The van der Waals surface area contributed by atoms with Gasteiger partial charge in [-0.3, -0.25) is 11.3 Å². The zero-order chi connectivity index (χ0) is 8.04. The average molecular weight is 140 g/mol. The third kappa shape index (κ3) is 2.02. The van der Waals surface area contributed by atoms with Crippen LogP contribution in [0.2, 0.25) is 0 Å². The highest BCUT2D eigenvalue weighted by Gasteiger charge is 2.22. The first-order chi connectivity index (χ1) is 4.74. The highest BCUT2D eigenvalue weighted by atomic mass is 15.3. The van der Waals surface area contributed by atoms with Crippen molar-refractivity contribution < 1.29 is 0 Å². The third-order valence-electron chi connectivity index (χ3n) is 2.10. The van der Waals surface area contributed by atoms with Crippen molar-refractivity contribution in [3.05, 3.63) is 0 Å². The van der Waals surface area contributed by atoms with Gasteiger partial charge < -0.3 is 0 Å². The maximum atomic E-state index is 5.37. The molecule has 2 heteroatoms. The normalized spacial score (nSPS) is 11.0. The Balaban J connectivity index is 4.04. The maximum absolute atomic E-state index is 5.37. The molecule has 0 heterocycles. The molecule has 10 heavy (non-hydrogen) atoms. The zero-order valence-electron chi connectivity index (χ0n) is 6.78. The first-order valence-electron chi connectivity index (χ1n) is 3.66. The second-order valence-corrected chi connectivity index (χ2v) is 2.51. The van der Waals surface area contributed by atoms with E-state index in [0.717, 1.165) is 12.8 Å². The quantitative estimate of drug-likeness (QED) is 0.348. The Morgan fingerprint density at radius 3 is 2.10 bits per heavy atom. The van der Waals surface area contributed by atoms with Crippen molar-refractivity contribution in [1.29, 1.82) is 0 Å². The second-order valence-electron chi connectivity index (χ2n) is 2.51. The monoisotopic (exact) mass is 140 g/mol. The molecule has 0 spiro atoms. The van der Waals surface area contributed by atoms with Gasteiger partial charge in [0.2, 0.25) is 0 Å². The minimum atomic E-state index is -0.0330. The van der Waals surface area contributed by atoms with E-state index in [1.165, 1.54) is 0 Å². The molecule has 58 valence electrons. The fourth-order valence-electron chi connectivity index (χ4n) is 0.951. The Kier molecular flexibility index (Phi) is 4.10. The van der Waals surface area contributed by atoms with Crippen molar-refractivity contribution in [3.63, 3.8) is 0 Å². The molecule has 0 aliphatic heterocycles. The van der Waals surface area contributed by atoms with E-state index in [0.29, 0.717) is 6.42 Å². The predicted octanol–water partition coefficient (Wildman–Crippen LogP) is 1.03. The van der Waals surface area contributed by atoms with Crippen LogP contribution in [0, 0.1) is 12.3 Å². The summed E-state index contributed by atoms with van der Waals surface area (Å²) in [5.41, 5.74) is 2.74. The molecule has 0 rings (SSSR count). The van der Waals surface area contributed by atoms with Crippen LogP contribution in [0.15, 0.2) is 0 Å². The Hall–Kier alpha value is -0.520. The summed E-state index contributed by atoms with van der Waals surface area (Å²) in [6, 6.07) is 0. The molecule has 0 aromatic heterocycles. The molecule has 0 bridgehead atoms. The second kappa shape index (κ2) is 4.32. The predicted molar refractivity (Wildman–Crippen MR) is 44.1 cm³/mol. The maximum Gasteiger partial charge on any atom is 0.0425 e. The molecule has 0 saturated carbocycles. The molecule has 0 aromatic carbocycles. The van der Waals surface area contributed by atoms with E-state index in [-0.39, 0.29) is 5.54 Å². The van der Waals surface area contributed by atoms with Gasteiger partial charge in [-0.25, -0.2) is 0 Å². The van der Waals surface area contributed by atoms with Gasteiger partial charge in [-0.05, 0) is 12.8 Å². The SMILES string of the molecule is C#CCC(CC)(CC)NN. The third-order valence-corrected chi connectivity index (χ3v) is 2.10. The van der Waals surface area contributed by atoms with Gasteiger partial charge in [0.15, 0.2) is 0 Å². The summed E-state index contributed by atoms with van der Waals surface area (Å²) < 4.78 is 0. The minimum absolute atomic E-state index is 0.0330. The molecule has 0 fully saturated rings. The van der Waals surface area contributed by atoms with Crippen LogP contribution in [0.5, 0.6) is 0 Å². The molecular formula is C8H16N2. The number of hydrogen-bond donors (Lipinski definition) is 2. The van der Waals surface area contributed by atoms with Crippen molar-refractivity contribution in [2.75, 3.05) is 0 Å². The van der Waals surface area contributed by atoms with Crippen molar-refractivity contribution in [2.24, 2.45) is 5.84 Å². The topological polar surface area (TPSA) is 38.0 Å². The van der Waals surface area contributed by atoms with Gasteiger partial charge in [0.05, 0.1) is 0 Å². The van der Waals surface area contributed by atoms with Crippen molar-refractivity contribution >= 4 is 0 Å². The molecule has 0 atom stereocenters. The molecule has 0 saturated heterocycles. The fourth-order valence-corrected chi connectivity index (χ4v) is 0.951. The highest BCUT2D eigenvalue weighted by molar-refractivity contribution is 4.97. The number of nitrogens with one attached hydrogen (secondary N) is 1. The minimum Gasteiger partial charge on any atom is -0.271 e. The van der Waals surface area contributed by atoms with Crippen LogP contribution < -0.4 is 11.3 Å². The first kappa shape index (κ1) is 9.48. The number of terminal acetylenes is 1. The first-order valence-corrected chi connectivity index (χ1v) is 3.66. The average Bonchev–Trinajstić information content (AvgIpc) is 2.01. The lowest BCUT2D eigenvalue weighted by Crippen LogP contribution is -2.48. The van der Waals surface area contributed by atoms with Crippen LogP contribution >= 0.6 is 0 Å². The van der Waals surface area contributed by atoms with E-state index >= 15 is 0 Å². The summed E-state index contributed by atoms with van der Waals surface area (Å²) in [6.07, 6.45) is 7.85. The Bertz CT molecular complexity index is 111. The van der Waals surface area contributed by atoms with Gasteiger partial charge in [-0.2, -0.15) is 0 Å². The van der Waals surface area contributed by atoms with E-state index in [1.54, 1.807) is 0 Å². The molecule has 2 nitrogen and oxygen atoms in total. The zero-order valence-corrected chi connectivity index (χ0v) is 6.78. The Morgan fingerprint density at radius 2 is 2.00 bits per heavy atom. The molecule has 0 aromatic rings. The Labute approximate surface area is 63.2 Å². The van der Waals surface area contributed by atoms with E-state index in [1.807, 2.05) is 0 Å². The molecule has 0 aliphatic carbocycles. The van der Waals surface area contributed by atoms with Gasteiger partial charge >= 0.3 is 0 Å². The summed E-state index contributed by atoms with van der Waals surface area (Å²) in [6.45, 7) is 4.17. The van der Waals surface area contributed by atoms with Crippen molar-refractivity contribution in [2.45, 2.75) is 38.6 Å². The molecule has 0 unspecified atom stereocenters. The lowest BCUT2D eigenvalue weighted by atomic mass is 9.90. The number of hydrogen-bond acceptors (Lipinski definition) is 2. The lowest BCUT2D eigenvalue weighted by Gasteiger charge is -2.28. The summed E-state index contributed by atoms with van der Waals surface area (Å²) in [7, 11) is 0. The van der Waals surface area contributed by atoms with Crippen LogP contribution in [0.4, 0.5) is 0 Å². The van der Waals surface area contributed by atoms with Crippen LogP contribution in [-0.4, -0.2) is 5.54 Å². The van der Waals surface area contributed by atoms with Crippen molar-refractivity contribution in [3.8, 4) is 12.3 Å². The fraction of sp³-hybridized carbons (Fsp3) is 0.750. The van der Waals surface area contributed by atoms with Crippen molar-refractivity contribution in [1.82, 2.24) is 5.43 Å². The van der Waals surface area contributed by atoms with Crippen LogP contribution in [0.1, 0.15) is 33.1 Å². The largest absolute Gasteiger partial charge is 0.271 e. The molecule has 0 aliphatic rings. The lowest BCUT2D eigenvalue weighted by molar-refractivity contribution is 0.313. The van der Waals surface area contributed by atoms with Gasteiger partial charge in [-0.15, -0.1) is 12.3 Å². The van der Waals surface area contributed by atoms with E-state index in [4.69, 9.17) is 12.3 Å². The number of rotatable bonds is 4. The van der Waals surface area contributed by atoms with Crippen LogP contribution in [-0.2, 0) is 0 Å². The van der Waals surface area contributed by atoms with Gasteiger partial charge in [0.1, 0.15) is 0 Å². The molecular weight excluding hydrogens is 124 g/mol. The summed E-state index contributed by atoms with van der Waals surface area (Å²) in [5.74, 6) is 7.99. The van der Waals surface area contributed by atoms with E-state index in [2.05, 4.69) is 25.2 Å². The summed E-state index contributed by atoms with van der Waals surface area (Å²) in [4.78, 5) is 0. The van der Waals surface area contributed by atoms with Crippen LogP contribution in [0.25, 0.3) is 0 Å². The summed E-state index contributed by atoms with van der Waals surface area (Å²) in [5, 5.41) is 0. The highest BCUT2D eigenvalue weighted by Crippen LogP contribution is 2.16. The van der Waals surface area contributed by atoms with E-state index in [9.17, 15) is 0 Å². The van der Waals surface area contributed by atoms with Gasteiger partial charge in [0.25, 0.3) is 0 Å². The number of nitrogens with two attached hydrogens (primary N) is 1.